The van der Waals surface area contributed by atoms with Crippen LogP contribution >= 0.6 is 22.9 Å². The van der Waals surface area contributed by atoms with Gasteiger partial charge in [0.1, 0.15) is 5.82 Å². The van der Waals surface area contributed by atoms with Crippen molar-refractivity contribution < 1.29 is 14.0 Å². The van der Waals surface area contributed by atoms with Crippen LogP contribution < -0.4 is 5.32 Å². The number of nitrogens with one attached hydrogen (secondary N) is 1. The standard InChI is InChI=1S/C25H24ClFN2O2S/c26-19-6-4-17(5-7-19)10-13-28-23(30)8-9-24(31)29-14-11-22-21(12-15-32-22)25(29)18-2-1-3-20(27)16-18/h1-7,12,15-16,25H,8-11,13-14H2,(H,28,30). The molecule has 0 aliphatic carbocycles. The van der Waals surface area contributed by atoms with Gasteiger partial charge in [-0.15, -0.1) is 11.3 Å². The maximum atomic E-state index is 13.9. The molecule has 4 nitrogen and oxygen atoms in total. The second kappa shape index (κ2) is 10.3. The Morgan fingerprint density at radius 2 is 1.94 bits per heavy atom. The third-order valence-corrected chi connectivity index (χ3v) is 6.91. The highest BCUT2D eigenvalue weighted by Crippen LogP contribution is 2.38. The van der Waals surface area contributed by atoms with E-state index in [0.717, 1.165) is 23.1 Å². The first kappa shape index (κ1) is 22.5. The molecule has 0 saturated carbocycles. The molecule has 4 rings (SSSR count). The summed E-state index contributed by atoms with van der Waals surface area (Å²) in [6, 6.07) is 15.6. The highest BCUT2D eigenvalue weighted by atomic mass is 35.5. The lowest BCUT2D eigenvalue weighted by Crippen LogP contribution is -2.40. The number of rotatable bonds is 7. The van der Waals surface area contributed by atoms with Crippen molar-refractivity contribution in [3.63, 3.8) is 0 Å². The number of carbonyl (C=O) groups is 2. The summed E-state index contributed by atoms with van der Waals surface area (Å²) in [6.45, 7) is 1.06. The minimum Gasteiger partial charge on any atom is -0.356 e. The van der Waals surface area contributed by atoms with Crippen molar-refractivity contribution in [1.29, 1.82) is 0 Å². The van der Waals surface area contributed by atoms with Gasteiger partial charge in [0.25, 0.3) is 0 Å². The lowest BCUT2D eigenvalue weighted by Gasteiger charge is -2.36. The van der Waals surface area contributed by atoms with Crippen molar-refractivity contribution in [3.05, 3.63) is 92.4 Å². The molecule has 1 N–H and O–H groups in total. The molecule has 1 aliphatic rings. The first-order valence-corrected chi connectivity index (χ1v) is 11.9. The van der Waals surface area contributed by atoms with Gasteiger partial charge < -0.3 is 10.2 Å². The van der Waals surface area contributed by atoms with Gasteiger partial charge in [-0.2, -0.15) is 0 Å². The van der Waals surface area contributed by atoms with Gasteiger partial charge in [0.2, 0.25) is 11.8 Å². The molecule has 0 bridgehead atoms. The van der Waals surface area contributed by atoms with Crippen LogP contribution in [0.2, 0.25) is 5.02 Å². The fraction of sp³-hybridized carbons (Fsp3) is 0.280. The van der Waals surface area contributed by atoms with Gasteiger partial charge in [-0.1, -0.05) is 35.9 Å². The van der Waals surface area contributed by atoms with Crippen molar-refractivity contribution in [1.82, 2.24) is 10.2 Å². The number of nitrogens with zero attached hydrogens (tertiary/aromatic N) is 1. The first-order valence-electron chi connectivity index (χ1n) is 10.6. The highest BCUT2D eigenvalue weighted by Gasteiger charge is 2.32. The maximum Gasteiger partial charge on any atom is 0.223 e. The van der Waals surface area contributed by atoms with Crippen molar-refractivity contribution in [2.24, 2.45) is 0 Å². The van der Waals surface area contributed by atoms with Gasteiger partial charge in [-0.25, -0.2) is 4.39 Å². The van der Waals surface area contributed by atoms with Gasteiger partial charge in [0.15, 0.2) is 0 Å². The van der Waals surface area contributed by atoms with Gasteiger partial charge in [0.05, 0.1) is 6.04 Å². The average Bonchev–Trinajstić information content (AvgIpc) is 3.27. The van der Waals surface area contributed by atoms with E-state index in [2.05, 4.69) is 5.32 Å². The molecule has 1 aromatic heterocycles. The van der Waals surface area contributed by atoms with E-state index in [-0.39, 0.29) is 36.5 Å². The van der Waals surface area contributed by atoms with Crippen molar-refractivity contribution >= 4 is 34.8 Å². The van der Waals surface area contributed by atoms with Crippen LogP contribution in [0.3, 0.4) is 0 Å². The Labute approximate surface area is 196 Å². The van der Waals surface area contributed by atoms with Crippen LogP contribution in [-0.2, 0) is 22.4 Å². The quantitative estimate of drug-likeness (QED) is 0.519. The van der Waals surface area contributed by atoms with Crippen LogP contribution in [0.1, 0.15) is 40.5 Å². The zero-order chi connectivity index (χ0) is 22.5. The van der Waals surface area contributed by atoms with Gasteiger partial charge in [-0.05, 0) is 65.2 Å². The summed E-state index contributed by atoms with van der Waals surface area (Å²) in [5, 5.41) is 5.57. The largest absolute Gasteiger partial charge is 0.356 e. The fourth-order valence-corrected chi connectivity index (χ4v) is 5.10. The van der Waals surface area contributed by atoms with Gasteiger partial charge in [0, 0.05) is 35.8 Å². The van der Waals surface area contributed by atoms with Gasteiger partial charge in [-0.3, -0.25) is 9.59 Å². The zero-order valence-corrected chi connectivity index (χ0v) is 19.1. The van der Waals surface area contributed by atoms with Crippen LogP contribution in [-0.4, -0.2) is 29.8 Å². The molecule has 0 radical (unpaired) electrons. The SMILES string of the molecule is O=C(CCC(=O)N1CCc2sccc2C1c1cccc(F)c1)NCCc1ccc(Cl)cc1. The van der Waals surface area contributed by atoms with Crippen LogP contribution in [0.4, 0.5) is 4.39 Å². The van der Waals surface area contributed by atoms with E-state index in [1.807, 2.05) is 41.8 Å². The van der Waals surface area contributed by atoms with E-state index in [0.29, 0.717) is 24.5 Å². The number of fused-ring (bicyclic) bond motifs is 1. The average molecular weight is 471 g/mol. The number of benzene rings is 2. The molecule has 2 amide bonds. The predicted octanol–water partition coefficient (Wildman–Crippen LogP) is 5.15. The Morgan fingerprint density at radius 3 is 2.72 bits per heavy atom. The Morgan fingerprint density at radius 1 is 1.12 bits per heavy atom. The van der Waals surface area contributed by atoms with Crippen LogP contribution in [0, 0.1) is 5.82 Å². The molecule has 0 fully saturated rings. The number of carbonyl (C=O) groups excluding carboxylic acids is 2. The summed E-state index contributed by atoms with van der Waals surface area (Å²) < 4.78 is 13.9. The molecular weight excluding hydrogens is 447 g/mol. The Balaban J connectivity index is 1.35. The highest BCUT2D eigenvalue weighted by molar-refractivity contribution is 7.10. The molecule has 32 heavy (non-hydrogen) atoms. The number of hydrogen-bond donors (Lipinski definition) is 1. The Hall–Kier alpha value is -2.70. The summed E-state index contributed by atoms with van der Waals surface area (Å²) in [5.41, 5.74) is 2.89. The fourth-order valence-electron chi connectivity index (χ4n) is 4.07. The Bertz CT molecular complexity index is 1100. The molecule has 0 saturated heterocycles. The van der Waals surface area contributed by atoms with Crippen LogP contribution in [0.25, 0.3) is 0 Å². The number of hydrogen-bond acceptors (Lipinski definition) is 3. The third-order valence-electron chi connectivity index (χ3n) is 5.67. The van der Waals surface area contributed by atoms with E-state index < -0.39 is 0 Å². The second-order valence-corrected chi connectivity index (χ2v) is 9.26. The molecule has 1 unspecified atom stereocenters. The zero-order valence-electron chi connectivity index (χ0n) is 17.5. The first-order chi connectivity index (χ1) is 15.5. The van der Waals surface area contributed by atoms with E-state index >= 15 is 0 Å². The van der Waals surface area contributed by atoms with Crippen molar-refractivity contribution in [2.75, 3.05) is 13.1 Å². The van der Waals surface area contributed by atoms with E-state index in [9.17, 15) is 14.0 Å². The monoisotopic (exact) mass is 470 g/mol. The maximum absolute atomic E-state index is 13.9. The predicted molar refractivity (Wildman–Crippen MR) is 125 cm³/mol. The lowest BCUT2D eigenvalue weighted by molar-refractivity contribution is -0.135. The topological polar surface area (TPSA) is 49.4 Å². The van der Waals surface area contributed by atoms with Crippen molar-refractivity contribution in [3.8, 4) is 0 Å². The second-order valence-electron chi connectivity index (χ2n) is 7.82. The minimum absolute atomic E-state index is 0.0936. The number of amides is 2. The smallest absolute Gasteiger partial charge is 0.223 e. The Kier molecular flexibility index (Phi) is 7.22. The summed E-state index contributed by atoms with van der Waals surface area (Å²) in [5.74, 6) is -0.566. The molecule has 7 heteroatoms. The molecule has 2 heterocycles. The lowest BCUT2D eigenvalue weighted by atomic mass is 9.92. The molecule has 3 aromatic rings. The van der Waals surface area contributed by atoms with E-state index in [4.69, 9.17) is 11.6 Å². The normalized spacial score (nSPS) is 15.3. The van der Waals surface area contributed by atoms with Gasteiger partial charge >= 0.3 is 0 Å². The summed E-state index contributed by atoms with van der Waals surface area (Å²) >= 11 is 7.55. The molecule has 2 aromatic carbocycles. The van der Waals surface area contributed by atoms with Crippen molar-refractivity contribution in [2.45, 2.75) is 31.7 Å². The van der Waals surface area contributed by atoms with Crippen LogP contribution in [0.15, 0.2) is 60.0 Å². The van der Waals surface area contributed by atoms with E-state index in [1.165, 1.54) is 17.0 Å². The summed E-state index contributed by atoms with van der Waals surface area (Å²) in [7, 11) is 0. The molecular formula is C25H24ClFN2O2S. The molecule has 1 aliphatic heterocycles. The summed E-state index contributed by atoms with van der Waals surface area (Å²) in [4.78, 5) is 28.4. The molecule has 0 spiro atoms. The number of halogens is 2. The number of thiophene rings is 1. The minimum atomic E-state index is -0.322. The molecule has 1 atom stereocenters. The summed E-state index contributed by atoms with van der Waals surface area (Å²) in [6.07, 6.45) is 1.73. The van der Waals surface area contributed by atoms with Crippen LogP contribution in [0.5, 0.6) is 0 Å². The van der Waals surface area contributed by atoms with E-state index in [1.54, 1.807) is 22.3 Å². The third kappa shape index (κ3) is 5.37. The molecule has 166 valence electrons.